The summed E-state index contributed by atoms with van der Waals surface area (Å²) >= 11 is 0. The Balaban J connectivity index is 1.89. The van der Waals surface area contributed by atoms with Crippen LogP contribution in [0.4, 0.5) is 0 Å². The molecule has 0 unspecified atom stereocenters. The molecule has 3 rings (SSSR count). The third-order valence-electron chi connectivity index (χ3n) is 4.38. The number of aliphatic hydroxyl groups excluding tert-OH is 1. The van der Waals surface area contributed by atoms with E-state index < -0.39 is 0 Å². The first-order valence-electron chi connectivity index (χ1n) is 7.77. The third kappa shape index (κ3) is 3.16. The van der Waals surface area contributed by atoms with Crippen molar-refractivity contribution >= 4 is 0 Å². The molecular formula is C19H22O3. The molecule has 0 radical (unpaired) electrons. The highest BCUT2D eigenvalue weighted by atomic mass is 16.5. The molecule has 0 aliphatic carbocycles. The molecule has 1 saturated heterocycles. The first kappa shape index (κ1) is 15.1. The number of methoxy groups -OCH3 is 1. The van der Waals surface area contributed by atoms with Crippen LogP contribution >= 0.6 is 0 Å². The van der Waals surface area contributed by atoms with Gasteiger partial charge in [-0.3, -0.25) is 0 Å². The maximum Gasteiger partial charge on any atom is 0.118 e. The maximum atomic E-state index is 9.44. The molecule has 1 aliphatic rings. The molecule has 1 N–H and O–H groups in total. The van der Waals surface area contributed by atoms with Gasteiger partial charge in [-0.25, -0.2) is 0 Å². The lowest BCUT2D eigenvalue weighted by molar-refractivity contribution is -0.0853. The zero-order valence-corrected chi connectivity index (χ0v) is 12.8. The normalized spacial score (nSPS) is 24.9. The number of aliphatic hydroxyl groups is 1. The third-order valence-corrected chi connectivity index (χ3v) is 4.38. The molecule has 0 aromatic heterocycles. The summed E-state index contributed by atoms with van der Waals surface area (Å²) in [6, 6.07) is 18.5. The van der Waals surface area contributed by atoms with Crippen molar-refractivity contribution in [2.45, 2.75) is 31.0 Å². The molecule has 3 nitrogen and oxygen atoms in total. The van der Waals surface area contributed by atoms with Gasteiger partial charge in [0.2, 0.25) is 0 Å². The van der Waals surface area contributed by atoms with E-state index >= 15 is 0 Å². The van der Waals surface area contributed by atoms with Gasteiger partial charge >= 0.3 is 0 Å². The van der Waals surface area contributed by atoms with Gasteiger partial charge in [-0.15, -0.1) is 0 Å². The Kier molecular flexibility index (Phi) is 4.76. The Bertz CT molecular complexity index is 579. The summed E-state index contributed by atoms with van der Waals surface area (Å²) in [5.41, 5.74) is 2.42. The fourth-order valence-electron chi connectivity index (χ4n) is 3.17. The minimum atomic E-state index is -0.0697. The largest absolute Gasteiger partial charge is 0.497 e. The van der Waals surface area contributed by atoms with Crippen LogP contribution in [-0.2, 0) is 4.74 Å². The molecule has 2 aromatic rings. The molecule has 22 heavy (non-hydrogen) atoms. The van der Waals surface area contributed by atoms with Gasteiger partial charge in [0.25, 0.3) is 0 Å². The van der Waals surface area contributed by atoms with Gasteiger partial charge in [-0.2, -0.15) is 0 Å². The molecule has 2 aromatic carbocycles. The smallest absolute Gasteiger partial charge is 0.118 e. The lowest BCUT2D eigenvalue weighted by Gasteiger charge is -2.36. The van der Waals surface area contributed by atoms with Gasteiger partial charge in [0.1, 0.15) is 5.75 Å². The van der Waals surface area contributed by atoms with Crippen molar-refractivity contribution in [1.29, 1.82) is 0 Å². The molecule has 0 saturated carbocycles. The van der Waals surface area contributed by atoms with Gasteiger partial charge in [-0.1, -0.05) is 42.5 Å². The molecule has 0 bridgehead atoms. The van der Waals surface area contributed by atoms with Crippen molar-refractivity contribution < 1.29 is 14.6 Å². The highest BCUT2D eigenvalue weighted by Crippen LogP contribution is 2.42. The van der Waals surface area contributed by atoms with Crippen molar-refractivity contribution in [2.24, 2.45) is 0 Å². The number of rotatable bonds is 4. The topological polar surface area (TPSA) is 38.7 Å². The molecule has 1 aliphatic heterocycles. The molecule has 3 atom stereocenters. The van der Waals surface area contributed by atoms with Gasteiger partial charge < -0.3 is 14.6 Å². The Labute approximate surface area is 131 Å². The summed E-state index contributed by atoms with van der Waals surface area (Å²) in [4.78, 5) is 0. The molecule has 1 fully saturated rings. The van der Waals surface area contributed by atoms with Crippen LogP contribution in [0.15, 0.2) is 54.6 Å². The summed E-state index contributed by atoms with van der Waals surface area (Å²) in [5, 5.41) is 9.44. The van der Waals surface area contributed by atoms with E-state index in [9.17, 15) is 5.11 Å². The van der Waals surface area contributed by atoms with Crippen molar-refractivity contribution in [2.75, 3.05) is 13.7 Å². The Morgan fingerprint density at radius 1 is 1.00 bits per heavy atom. The monoisotopic (exact) mass is 298 g/mol. The molecule has 0 amide bonds. The summed E-state index contributed by atoms with van der Waals surface area (Å²) in [6.07, 6.45) is 1.81. The zero-order chi connectivity index (χ0) is 15.4. The van der Waals surface area contributed by atoms with Crippen LogP contribution in [0.5, 0.6) is 5.75 Å². The van der Waals surface area contributed by atoms with Crippen molar-refractivity contribution in [3.05, 3.63) is 65.7 Å². The van der Waals surface area contributed by atoms with E-state index in [2.05, 4.69) is 24.3 Å². The second kappa shape index (κ2) is 6.95. The average molecular weight is 298 g/mol. The van der Waals surface area contributed by atoms with Crippen LogP contribution in [0.3, 0.4) is 0 Å². The minimum Gasteiger partial charge on any atom is -0.497 e. The first-order chi connectivity index (χ1) is 10.8. The number of benzene rings is 2. The predicted molar refractivity (Wildman–Crippen MR) is 86.1 cm³/mol. The second-order valence-electron chi connectivity index (χ2n) is 5.73. The number of hydrogen-bond donors (Lipinski definition) is 1. The summed E-state index contributed by atoms with van der Waals surface area (Å²) < 4.78 is 11.4. The molecule has 1 heterocycles. The van der Waals surface area contributed by atoms with Crippen LogP contribution in [0.25, 0.3) is 0 Å². The highest BCUT2D eigenvalue weighted by Gasteiger charge is 2.33. The summed E-state index contributed by atoms with van der Waals surface area (Å²) in [5.74, 6) is 1.17. The molecular weight excluding hydrogens is 276 g/mol. The molecule has 0 spiro atoms. The van der Waals surface area contributed by atoms with Crippen molar-refractivity contribution in [3.8, 4) is 5.75 Å². The fourth-order valence-corrected chi connectivity index (χ4v) is 3.17. The lowest BCUT2D eigenvalue weighted by Crippen LogP contribution is -2.30. The van der Waals surface area contributed by atoms with Gasteiger partial charge in [0.15, 0.2) is 0 Å². The van der Waals surface area contributed by atoms with Crippen LogP contribution in [0.1, 0.15) is 36.0 Å². The van der Waals surface area contributed by atoms with Gasteiger partial charge in [-0.05, 0) is 36.1 Å². The van der Waals surface area contributed by atoms with Gasteiger partial charge in [0, 0.05) is 5.92 Å². The lowest BCUT2D eigenvalue weighted by atomic mass is 9.82. The Hall–Kier alpha value is -1.84. The standard InChI is InChI=1S/C19H22O3/c1-21-16-9-7-14(8-10-16)18-12-11-17(13-20)22-19(18)15-5-3-2-4-6-15/h2-10,17-20H,11-13H2,1H3/t17-,18-,19-/m1/s1. The van der Waals surface area contributed by atoms with Crippen molar-refractivity contribution in [1.82, 2.24) is 0 Å². The van der Waals surface area contributed by atoms with E-state index in [1.165, 1.54) is 11.1 Å². The van der Waals surface area contributed by atoms with Crippen LogP contribution in [-0.4, -0.2) is 24.9 Å². The highest BCUT2D eigenvalue weighted by molar-refractivity contribution is 5.32. The molecule has 3 heteroatoms. The predicted octanol–water partition coefficient (Wildman–Crippen LogP) is 3.69. The maximum absolute atomic E-state index is 9.44. The number of hydrogen-bond acceptors (Lipinski definition) is 3. The van der Waals surface area contributed by atoms with Crippen molar-refractivity contribution in [3.63, 3.8) is 0 Å². The average Bonchev–Trinajstić information content (AvgIpc) is 2.62. The Morgan fingerprint density at radius 3 is 2.36 bits per heavy atom. The summed E-state index contributed by atoms with van der Waals surface area (Å²) in [6.45, 7) is 0.0820. The van der Waals surface area contributed by atoms with E-state index in [0.29, 0.717) is 5.92 Å². The van der Waals surface area contributed by atoms with E-state index in [1.807, 2.05) is 30.3 Å². The van der Waals surface area contributed by atoms with E-state index in [1.54, 1.807) is 7.11 Å². The van der Waals surface area contributed by atoms with Crippen LogP contribution in [0.2, 0.25) is 0 Å². The quantitative estimate of drug-likeness (QED) is 0.935. The second-order valence-corrected chi connectivity index (χ2v) is 5.73. The first-order valence-corrected chi connectivity index (χ1v) is 7.77. The SMILES string of the molecule is COc1ccc([C@H]2CC[C@H](CO)O[C@@H]2c2ccccc2)cc1. The molecule has 116 valence electrons. The van der Waals surface area contributed by atoms with Crippen LogP contribution < -0.4 is 4.74 Å². The number of ether oxygens (including phenoxy) is 2. The van der Waals surface area contributed by atoms with E-state index in [4.69, 9.17) is 9.47 Å². The minimum absolute atomic E-state index is 0.0134. The zero-order valence-electron chi connectivity index (χ0n) is 12.8. The van der Waals surface area contributed by atoms with Crippen LogP contribution in [0, 0.1) is 0 Å². The fraction of sp³-hybridized carbons (Fsp3) is 0.368. The van der Waals surface area contributed by atoms with E-state index in [-0.39, 0.29) is 18.8 Å². The summed E-state index contributed by atoms with van der Waals surface area (Å²) in [7, 11) is 1.68. The Morgan fingerprint density at radius 2 is 1.73 bits per heavy atom. The van der Waals surface area contributed by atoms with Gasteiger partial charge in [0.05, 0.1) is 25.9 Å². The van der Waals surface area contributed by atoms with E-state index in [0.717, 1.165) is 18.6 Å².